The van der Waals surface area contributed by atoms with E-state index in [1.165, 1.54) is 6.21 Å². The molecule has 0 radical (unpaired) electrons. The largest absolute Gasteiger partial charge is 0.460 e. The molecular weight excluding hydrogens is 316 g/mol. The molecule has 0 aliphatic heterocycles. The van der Waals surface area contributed by atoms with E-state index in [4.69, 9.17) is 4.42 Å². The normalized spacial score (nSPS) is 14.3. The third-order valence-corrected chi connectivity index (χ3v) is 4.37. The lowest BCUT2D eigenvalue weighted by molar-refractivity contribution is -0.136. The van der Waals surface area contributed by atoms with Crippen LogP contribution in [0.5, 0.6) is 0 Å². The monoisotopic (exact) mass is 332 g/mol. The van der Waals surface area contributed by atoms with Crippen molar-refractivity contribution < 1.29 is 14.3 Å². The Bertz CT molecular complexity index is 942. The summed E-state index contributed by atoms with van der Waals surface area (Å²) in [6.07, 6.45) is 1.40. The number of nitrogens with one attached hydrogen (secondary N) is 1. The number of furan rings is 1. The highest BCUT2D eigenvalue weighted by molar-refractivity contribution is 5.99. The molecule has 1 aliphatic carbocycles. The molecule has 1 aliphatic rings. The Labute approximate surface area is 144 Å². The van der Waals surface area contributed by atoms with Gasteiger partial charge in [-0.25, -0.2) is 5.43 Å². The smallest absolute Gasteiger partial charge is 0.281 e. The van der Waals surface area contributed by atoms with Crippen LogP contribution in [-0.4, -0.2) is 17.2 Å². The Kier molecular flexibility index (Phi) is 3.51. The lowest BCUT2D eigenvalue weighted by Crippen LogP contribution is -2.42. The molecule has 124 valence electrons. The zero-order chi connectivity index (χ0) is 17.4. The van der Waals surface area contributed by atoms with Crippen LogP contribution in [0.25, 0.3) is 11.1 Å². The van der Waals surface area contributed by atoms with Crippen molar-refractivity contribution in [3.63, 3.8) is 0 Å². The number of hydrazone groups is 1. The maximum atomic E-state index is 12.8. The molecule has 5 heteroatoms. The van der Waals surface area contributed by atoms with Crippen LogP contribution in [0, 0.1) is 6.92 Å². The molecule has 0 atom stereocenters. The van der Waals surface area contributed by atoms with Crippen LogP contribution >= 0.6 is 0 Å². The maximum absolute atomic E-state index is 12.8. The van der Waals surface area contributed by atoms with Crippen molar-refractivity contribution in [1.29, 1.82) is 0 Å². The van der Waals surface area contributed by atoms with E-state index in [0.717, 1.165) is 16.9 Å². The Balaban J connectivity index is 1.68. The number of benzene rings is 2. The van der Waals surface area contributed by atoms with Crippen molar-refractivity contribution in [2.24, 2.45) is 5.10 Å². The molecule has 1 heterocycles. The van der Waals surface area contributed by atoms with Crippen LogP contribution in [0.2, 0.25) is 0 Å². The van der Waals surface area contributed by atoms with Crippen molar-refractivity contribution >= 4 is 12.1 Å². The van der Waals surface area contributed by atoms with Gasteiger partial charge in [0.05, 0.1) is 6.21 Å². The van der Waals surface area contributed by atoms with Crippen molar-refractivity contribution in [2.45, 2.75) is 12.5 Å². The number of nitrogens with zero attached hydrogens (tertiary/aromatic N) is 1. The molecule has 1 aromatic heterocycles. The summed E-state index contributed by atoms with van der Waals surface area (Å²) in [5.74, 6) is 0.673. The second kappa shape index (κ2) is 5.72. The second-order valence-corrected chi connectivity index (χ2v) is 5.95. The van der Waals surface area contributed by atoms with Gasteiger partial charge in [-0.2, -0.15) is 5.10 Å². The lowest BCUT2D eigenvalue weighted by Gasteiger charge is -2.23. The van der Waals surface area contributed by atoms with Crippen LogP contribution in [0.15, 0.2) is 70.2 Å². The van der Waals surface area contributed by atoms with Gasteiger partial charge in [-0.3, -0.25) is 4.79 Å². The molecule has 5 nitrogen and oxygen atoms in total. The van der Waals surface area contributed by atoms with Gasteiger partial charge in [-0.1, -0.05) is 48.5 Å². The highest BCUT2D eigenvalue weighted by Crippen LogP contribution is 2.47. The van der Waals surface area contributed by atoms with E-state index in [-0.39, 0.29) is 0 Å². The van der Waals surface area contributed by atoms with Crippen molar-refractivity contribution in [2.75, 3.05) is 0 Å². The van der Waals surface area contributed by atoms with E-state index in [1.54, 1.807) is 36.4 Å². The number of aliphatic hydroxyl groups is 1. The molecule has 0 saturated heterocycles. The lowest BCUT2D eigenvalue weighted by atomic mass is 9.91. The van der Waals surface area contributed by atoms with Crippen molar-refractivity contribution in [1.82, 2.24) is 5.43 Å². The quantitative estimate of drug-likeness (QED) is 0.572. The first kappa shape index (κ1) is 15.4. The van der Waals surface area contributed by atoms with Crippen LogP contribution in [0.4, 0.5) is 0 Å². The van der Waals surface area contributed by atoms with E-state index in [1.807, 2.05) is 31.2 Å². The van der Waals surface area contributed by atoms with E-state index in [2.05, 4.69) is 10.5 Å². The fraction of sp³-hybridized carbons (Fsp3) is 0.100. The molecule has 1 amide bonds. The number of carbonyl (C=O) groups is 1. The second-order valence-electron chi connectivity index (χ2n) is 5.95. The highest BCUT2D eigenvalue weighted by atomic mass is 16.3. The zero-order valence-corrected chi connectivity index (χ0v) is 13.6. The number of amides is 1. The number of hydrogen-bond donors (Lipinski definition) is 2. The minimum absolute atomic E-state index is 0.525. The minimum atomic E-state index is -1.77. The first-order chi connectivity index (χ1) is 12.1. The first-order valence-electron chi connectivity index (χ1n) is 7.92. The Morgan fingerprint density at radius 1 is 1.04 bits per heavy atom. The van der Waals surface area contributed by atoms with Gasteiger partial charge < -0.3 is 9.52 Å². The van der Waals surface area contributed by atoms with Gasteiger partial charge in [-0.15, -0.1) is 0 Å². The van der Waals surface area contributed by atoms with E-state index < -0.39 is 11.5 Å². The maximum Gasteiger partial charge on any atom is 0.281 e. The van der Waals surface area contributed by atoms with Gasteiger partial charge in [0.25, 0.3) is 5.91 Å². The van der Waals surface area contributed by atoms with Gasteiger partial charge in [0.1, 0.15) is 11.5 Å². The fourth-order valence-electron chi connectivity index (χ4n) is 3.21. The number of rotatable bonds is 3. The summed E-state index contributed by atoms with van der Waals surface area (Å²) in [5.41, 5.74) is 3.45. The summed E-state index contributed by atoms with van der Waals surface area (Å²) in [4.78, 5) is 12.8. The average Bonchev–Trinajstić information content (AvgIpc) is 3.16. The molecule has 0 bridgehead atoms. The number of fused-ring (bicyclic) bond motifs is 3. The molecule has 0 fully saturated rings. The molecule has 25 heavy (non-hydrogen) atoms. The van der Waals surface area contributed by atoms with Crippen LogP contribution in [0.1, 0.15) is 22.6 Å². The number of hydrogen-bond acceptors (Lipinski definition) is 4. The number of carbonyl (C=O) groups excluding carboxylic acids is 1. The molecule has 4 rings (SSSR count). The molecule has 2 aromatic carbocycles. The fourth-order valence-corrected chi connectivity index (χ4v) is 3.21. The van der Waals surface area contributed by atoms with Crippen molar-refractivity contribution in [3.8, 4) is 11.1 Å². The third kappa shape index (κ3) is 2.37. The van der Waals surface area contributed by atoms with Crippen LogP contribution in [0.3, 0.4) is 0 Å². The molecule has 2 N–H and O–H groups in total. The predicted octanol–water partition coefficient (Wildman–Crippen LogP) is 2.95. The van der Waals surface area contributed by atoms with Crippen LogP contribution in [-0.2, 0) is 10.4 Å². The topological polar surface area (TPSA) is 74.8 Å². The summed E-state index contributed by atoms with van der Waals surface area (Å²) in [6, 6.07) is 18.2. The molecule has 3 aromatic rings. The SMILES string of the molecule is Cc1ccc(/C=N\NC(=O)C2(O)c3ccccc3-c3ccccc32)o1. The first-order valence-corrected chi connectivity index (χ1v) is 7.92. The standard InChI is InChI=1S/C20H16N2O3/c1-13-10-11-14(25-13)12-21-22-19(23)20(24)17-8-4-2-6-15(17)16-7-3-5-9-18(16)20/h2-12,24H,1H3,(H,22,23)/b21-12-. The Morgan fingerprint density at radius 2 is 1.64 bits per heavy atom. The van der Waals surface area contributed by atoms with Gasteiger partial charge in [0.15, 0.2) is 5.60 Å². The predicted molar refractivity (Wildman–Crippen MR) is 94.1 cm³/mol. The van der Waals surface area contributed by atoms with E-state index in [9.17, 15) is 9.90 Å². The molecular formula is C20H16N2O3. The van der Waals surface area contributed by atoms with Gasteiger partial charge in [-0.05, 0) is 30.2 Å². The average molecular weight is 332 g/mol. The summed E-state index contributed by atoms with van der Waals surface area (Å²) >= 11 is 0. The Hall–Kier alpha value is -3.18. The summed E-state index contributed by atoms with van der Waals surface area (Å²) in [7, 11) is 0. The van der Waals surface area contributed by atoms with E-state index in [0.29, 0.717) is 16.9 Å². The van der Waals surface area contributed by atoms with Gasteiger partial charge in [0.2, 0.25) is 0 Å². The van der Waals surface area contributed by atoms with Crippen molar-refractivity contribution in [3.05, 3.63) is 83.3 Å². The van der Waals surface area contributed by atoms with Gasteiger partial charge in [0, 0.05) is 11.1 Å². The van der Waals surface area contributed by atoms with Gasteiger partial charge >= 0.3 is 0 Å². The minimum Gasteiger partial charge on any atom is -0.460 e. The highest BCUT2D eigenvalue weighted by Gasteiger charge is 2.47. The molecule has 0 spiro atoms. The summed E-state index contributed by atoms with van der Waals surface area (Å²) in [5, 5.41) is 15.2. The summed E-state index contributed by atoms with van der Waals surface area (Å²) < 4.78 is 5.37. The van der Waals surface area contributed by atoms with Crippen LogP contribution < -0.4 is 5.43 Å². The Morgan fingerprint density at radius 3 is 2.20 bits per heavy atom. The third-order valence-electron chi connectivity index (χ3n) is 4.37. The number of aryl methyl sites for hydroxylation is 1. The molecule has 0 unspecified atom stereocenters. The van der Waals surface area contributed by atoms with E-state index >= 15 is 0 Å². The summed E-state index contributed by atoms with van der Waals surface area (Å²) in [6.45, 7) is 1.82. The molecule has 0 saturated carbocycles. The zero-order valence-electron chi connectivity index (χ0n) is 13.6.